The highest BCUT2D eigenvalue weighted by Gasteiger charge is 1.99. The Balaban J connectivity index is 1.72. The SMILES string of the molecule is C=Cc1ccc(COc2ccc3cc[nH]c3c2)cc1. The lowest BCUT2D eigenvalue weighted by molar-refractivity contribution is 0.306. The maximum Gasteiger partial charge on any atom is 0.121 e. The van der Waals surface area contributed by atoms with E-state index in [9.17, 15) is 0 Å². The number of hydrogen-bond donors (Lipinski definition) is 1. The van der Waals surface area contributed by atoms with Gasteiger partial charge in [-0.1, -0.05) is 36.9 Å². The van der Waals surface area contributed by atoms with Crippen molar-refractivity contribution in [2.24, 2.45) is 0 Å². The van der Waals surface area contributed by atoms with Gasteiger partial charge in [0.05, 0.1) is 0 Å². The number of hydrogen-bond acceptors (Lipinski definition) is 1. The molecule has 3 aromatic rings. The first-order valence-corrected chi connectivity index (χ1v) is 6.26. The molecule has 0 aliphatic carbocycles. The van der Waals surface area contributed by atoms with E-state index in [1.807, 2.05) is 42.6 Å². The van der Waals surface area contributed by atoms with Gasteiger partial charge in [0, 0.05) is 17.8 Å². The molecule has 0 bridgehead atoms. The summed E-state index contributed by atoms with van der Waals surface area (Å²) in [6.07, 6.45) is 3.77. The van der Waals surface area contributed by atoms with Gasteiger partial charge < -0.3 is 9.72 Å². The second kappa shape index (κ2) is 5.02. The summed E-state index contributed by atoms with van der Waals surface area (Å²) in [6, 6.07) is 16.3. The van der Waals surface area contributed by atoms with Crippen LogP contribution in [0.5, 0.6) is 5.75 Å². The van der Waals surface area contributed by atoms with Gasteiger partial charge >= 0.3 is 0 Å². The molecule has 0 unspecified atom stereocenters. The second-order valence-corrected chi connectivity index (χ2v) is 4.46. The molecule has 0 amide bonds. The van der Waals surface area contributed by atoms with Crippen LogP contribution in [0.1, 0.15) is 11.1 Å². The van der Waals surface area contributed by atoms with E-state index in [0.29, 0.717) is 6.61 Å². The predicted molar refractivity (Wildman–Crippen MR) is 79.2 cm³/mol. The maximum absolute atomic E-state index is 5.80. The molecule has 0 saturated heterocycles. The Bertz CT molecular complexity index is 695. The molecule has 0 aliphatic rings. The zero-order valence-corrected chi connectivity index (χ0v) is 10.6. The van der Waals surface area contributed by atoms with Gasteiger partial charge in [-0.25, -0.2) is 0 Å². The van der Waals surface area contributed by atoms with Crippen molar-refractivity contribution in [3.8, 4) is 5.75 Å². The molecular formula is C17H15NO. The molecule has 94 valence electrons. The summed E-state index contributed by atoms with van der Waals surface area (Å²) in [4.78, 5) is 3.18. The molecule has 0 radical (unpaired) electrons. The van der Waals surface area contributed by atoms with Crippen LogP contribution in [0.4, 0.5) is 0 Å². The van der Waals surface area contributed by atoms with Crippen molar-refractivity contribution >= 4 is 17.0 Å². The van der Waals surface area contributed by atoms with Crippen molar-refractivity contribution in [2.45, 2.75) is 6.61 Å². The monoisotopic (exact) mass is 249 g/mol. The first-order chi connectivity index (χ1) is 9.35. The Morgan fingerprint density at radius 2 is 1.89 bits per heavy atom. The first-order valence-electron chi connectivity index (χ1n) is 6.26. The number of aromatic amines is 1. The number of benzene rings is 2. The van der Waals surface area contributed by atoms with Crippen LogP contribution in [0.2, 0.25) is 0 Å². The fourth-order valence-electron chi connectivity index (χ4n) is 2.03. The molecule has 3 rings (SSSR count). The average Bonchev–Trinajstić information content (AvgIpc) is 2.93. The third kappa shape index (κ3) is 2.52. The van der Waals surface area contributed by atoms with E-state index >= 15 is 0 Å². The van der Waals surface area contributed by atoms with E-state index in [0.717, 1.165) is 22.4 Å². The first kappa shape index (κ1) is 11.6. The molecule has 1 heterocycles. The van der Waals surface area contributed by atoms with Gasteiger partial charge in [0.25, 0.3) is 0 Å². The highest BCUT2D eigenvalue weighted by molar-refractivity contribution is 5.80. The van der Waals surface area contributed by atoms with Crippen molar-refractivity contribution in [1.29, 1.82) is 0 Å². The normalized spacial score (nSPS) is 10.5. The lowest BCUT2D eigenvalue weighted by Crippen LogP contribution is -1.95. The molecule has 0 saturated carbocycles. The molecule has 19 heavy (non-hydrogen) atoms. The summed E-state index contributed by atoms with van der Waals surface area (Å²) >= 11 is 0. The van der Waals surface area contributed by atoms with E-state index in [-0.39, 0.29) is 0 Å². The molecule has 0 fully saturated rings. The Kier molecular flexibility index (Phi) is 3.07. The zero-order valence-electron chi connectivity index (χ0n) is 10.6. The highest BCUT2D eigenvalue weighted by Crippen LogP contribution is 2.20. The highest BCUT2D eigenvalue weighted by atomic mass is 16.5. The van der Waals surface area contributed by atoms with Crippen molar-refractivity contribution in [1.82, 2.24) is 4.98 Å². The number of ether oxygens (including phenoxy) is 1. The number of aromatic nitrogens is 1. The third-order valence-electron chi connectivity index (χ3n) is 3.15. The Hall–Kier alpha value is -2.48. The van der Waals surface area contributed by atoms with Crippen molar-refractivity contribution in [2.75, 3.05) is 0 Å². The van der Waals surface area contributed by atoms with E-state index in [1.165, 1.54) is 5.39 Å². The minimum Gasteiger partial charge on any atom is -0.489 e. The average molecular weight is 249 g/mol. The molecule has 2 heteroatoms. The quantitative estimate of drug-likeness (QED) is 0.728. The van der Waals surface area contributed by atoms with E-state index in [2.05, 4.69) is 29.8 Å². The summed E-state index contributed by atoms with van der Waals surface area (Å²) in [5, 5.41) is 1.20. The van der Waals surface area contributed by atoms with Crippen LogP contribution < -0.4 is 4.74 Å². The lowest BCUT2D eigenvalue weighted by atomic mass is 10.1. The van der Waals surface area contributed by atoms with Crippen LogP contribution in [0.25, 0.3) is 17.0 Å². The van der Waals surface area contributed by atoms with Crippen molar-refractivity contribution in [3.05, 3.63) is 72.4 Å². The van der Waals surface area contributed by atoms with Crippen LogP contribution >= 0.6 is 0 Å². The van der Waals surface area contributed by atoms with E-state index < -0.39 is 0 Å². The zero-order chi connectivity index (χ0) is 13.1. The van der Waals surface area contributed by atoms with Gasteiger partial charge in [0.15, 0.2) is 0 Å². The molecule has 2 nitrogen and oxygen atoms in total. The van der Waals surface area contributed by atoms with Gasteiger partial charge in [-0.2, -0.15) is 0 Å². The second-order valence-electron chi connectivity index (χ2n) is 4.46. The fraction of sp³-hybridized carbons (Fsp3) is 0.0588. The molecule has 0 spiro atoms. The molecule has 0 atom stereocenters. The molecule has 1 N–H and O–H groups in total. The summed E-state index contributed by atoms with van der Waals surface area (Å²) in [7, 11) is 0. The minimum atomic E-state index is 0.573. The Labute approximate surface area is 112 Å². The number of nitrogens with one attached hydrogen (secondary N) is 1. The molecule has 0 aliphatic heterocycles. The molecule has 1 aromatic heterocycles. The van der Waals surface area contributed by atoms with Crippen LogP contribution in [0.15, 0.2) is 61.3 Å². The van der Waals surface area contributed by atoms with E-state index in [1.54, 1.807) is 0 Å². The van der Waals surface area contributed by atoms with Gasteiger partial charge in [-0.3, -0.25) is 0 Å². The minimum absolute atomic E-state index is 0.573. The number of H-pyrrole nitrogens is 1. The van der Waals surface area contributed by atoms with Gasteiger partial charge in [0.2, 0.25) is 0 Å². The van der Waals surface area contributed by atoms with Gasteiger partial charge in [0.1, 0.15) is 12.4 Å². The van der Waals surface area contributed by atoms with E-state index in [4.69, 9.17) is 4.74 Å². The standard InChI is InChI=1S/C17H15NO/c1-2-13-3-5-14(6-4-13)12-19-16-8-7-15-9-10-18-17(15)11-16/h2-11,18H,1,12H2. The van der Waals surface area contributed by atoms with Crippen LogP contribution in [0.3, 0.4) is 0 Å². The Morgan fingerprint density at radius 3 is 2.68 bits per heavy atom. The summed E-state index contributed by atoms with van der Waals surface area (Å²) in [5.74, 6) is 0.878. The van der Waals surface area contributed by atoms with Crippen molar-refractivity contribution in [3.63, 3.8) is 0 Å². The topological polar surface area (TPSA) is 25.0 Å². The van der Waals surface area contributed by atoms with Gasteiger partial charge in [-0.15, -0.1) is 0 Å². The van der Waals surface area contributed by atoms with Crippen LogP contribution in [-0.2, 0) is 6.61 Å². The number of fused-ring (bicyclic) bond motifs is 1. The lowest BCUT2D eigenvalue weighted by Gasteiger charge is -2.06. The predicted octanol–water partition coefficient (Wildman–Crippen LogP) is 4.39. The Morgan fingerprint density at radius 1 is 1.05 bits per heavy atom. The molecular weight excluding hydrogens is 234 g/mol. The summed E-state index contributed by atoms with van der Waals surface area (Å²) in [6.45, 7) is 4.32. The largest absolute Gasteiger partial charge is 0.489 e. The van der Waals surface area contributed by atoms with Crippen molar-refractivity contribution < 1.29 is 4.74 Å². The number of rotatable bonds is 4. The summed E-state index contributed by atoms with van der Waals surface area (Å²) in [5.41, 5.74) is 3.37. The smallest absolute Gasteiger partial charge is 0.121 e. The summed E-state index contributed by atoms with van der Waals surface area (Å²) < 4.78 is 5.80. The van der Waals surface area contributed by atoms with Gasteiger partial charge in [-0.05, 0) is 34.7 Å². The molecule has 2 aromatic carbocycles. The maximum atomic E-state index is 5.80. The third-order valence-corrected chi connectivity index (χ3v) is 3.15. The fourth-order valence-corrected chi connectivity index (χ4v) is 2.03. The van der Waals surface area contributed by atoms with Crippen LogP contribution in [0, 0.1) is 0 Å². The van der Waals surface area contributed by atoms with Crippen LogP contribution in [-0.4, -0.2) is 4.98 Å².